The van der Waals surface area contributed by atoms with E-state index in [1.807, 2.05) is 18.2 Å². The number of rotatable bonds is 6. The van der Waals surface area contributed by atoms with Gasteiger partial charge in [-0.05, 0) is 37.2 Å². The Morgan fingerprint density at radius 2 is 2.11 bits per heavy atom. The van der Waals surface area contributed by atoms with Crippen LogP contribution in [0.2, 0.25) is 5.02 Å². The zero-order chi connectivity index (χ0) is 13.5. The number of nitrogens with zero attached hydrogens (tertiary/aromatic N) is 2. The van der Waals surface area contributed by atoms with Crippen LogP contribution in [0, 0.1) is 0 Å². The van der Waals surface area contributed by atoms with Crippen LogP contribution in [-0.2, 0) is 6.54 Å². The Morgan fingerprint density at radius 1 is 1.21 bits per heavy atom. The molecule has 0 bridgehead atoms. The summed E-state index contributed by atoms with van der Waals surface area (Å²) in [6, 6.07) is 10.9. The highest BCUT2D eigenvalue weighted by Gasteiger charge is 2.01. The molecule has 1 N–H and O–H groups in total. The Labute approximate surface area is 117 Å². The van der Waals surface area contributed by atoms with Gasteiger partial charge in [0, 0.05) is 17.6 Å². The molecule has 1 heterocycles. The van der Waals surface area contributed by atoms with E-state index >= 15 is 0 Å². The van der Waals surface area contributed by atoms with Crippen molar-refractivity contribution in [3.8, 4) is 11.6 Å². The van der Waals surface area contributed by atoms with Crippen molar-refractivity contribution in [3.05, 3.63) is 47.1 Å². The minimum Gasteiger partial charge on any atom is -0.437 e. The normalized spacial score (nSPS) is 10.4. The molecule has 4 nitrogen and oxygen atoms in total. The summed E-state index contributed by atoms with van der Waals surface area (Å²) >= 11 is 5.88. The van der Waals surface area contributed by atoms with Crippen molar-refractivity contribution >= 4 is 11.6 Å². The average molecular weight is 278 g/mol. The van der Waals surface area contributed by atoms with Crippen LogP contribution < -0.4 is 10.1 Å². The van der Waals surface area contributed by atoms with Crippen LogP contribution in [0.1, 0.15) is 19.0 Å². The van der Waals surface area contributed by atoms with Crippen LogP contribution in [0.25, 0.3) is 0 Å². The van der Waals surface area contributed by atoms with Crippen molar-refractivity contribution in [2.75, 3.05) is 6.54 Å². The SMILES string of the molecule is CCCNCc1ccc(Oc2cccc(Cl)c2)nn1. The molecule has 5 heteroatoms. The predicted octanol–water partition coefficient (Wildman–Crippen LogP) is 3.42. The van der Waals surface area contributed by atoms with E-state index in [9.17, 15) is 0 Å². The average Bonchev–Trinajstić information content (AvgIpc) is 2.41. The van der Waals surface area contributed by atoms with E-state index in [0.717, 1.165) is 25.2 Å². The van der Waals surface area contributed by atoms with Crippen molar-refractivity contribution in [2.45, 2.75) is 19.9 Å². The Morgan fingerprint density at radius 3 is 2.79 bits per heavy atom. The minimum absolute atomic E-state index is 0.460. The zero-order valence-corrected chi connectivity index (χ0v) is 11.5. The fourth-order valence-electron chi connectivity index (χ4n) is 1.54. The Bertz CT molecular complexity index is 516. The monoisotopic (exact) mass is 277 g/mol. The smallest absolute Gasteiger partial charge is 0.238 e. The third-order valence-corrected chi connectivity index (χ3v) is 2.68. The molecule has 0 fully saturated rings. The van der Waals surface area contributed by atoms with Gasteiger partial charge >= 0.3 is 0 Å². The van der Waals surface area contributed by atoms with E-state index < -0.39 is 0 Å². The van der Waals surface area contributed by atoms with Gasteiger partial charge in [0.05, 0.1) is 5.69 Å². The molecule has 2 rings (SSSR count). The number of ether oxygens (including phenoxy) is 1. The number of benzene rings is 1. The number of aromatic nitrogens is 2. The van der Waals surface area contributed by atoms with Gasteiger partial charge < -0.3 is 10.1 Å². The lowest BCUT2D eigenvalue weighted by molar-refractivity contribution is 0.453. The Hall–Kier alpha value is -1.65. The van der Waals surface area contributed by atoms with E-state index in [1.165, 1.54) is 0 Å². The molecule has 100 valence electrons. The second kappa shape index (κ2) is 7.07. The van der Waals surface area contributed by atoms with Gasteiger partial charge in [-0.15, -0.1) is 5.10 Å². The van der Waals surface area contributed by atoms with Crippen molar-refractivity contribution in [1.29, 1.82) is 0 Å². The maximum atomic E-state index is 5.88. The molecule has 1 aromatic carbocycles. The van der Waals surface area contributed by atoms with E-state index in [1.54, 1.807) is 18.2 Å². The summed E-state index contributed by atoms with van der Waals surface area (Å²) in [6.07, 6.45) is 1.10. The van der Waals surface area contributed by atoms with Gasteiger partial charge in [-0.3, -0.25) is 0 Å². The first-order valence-corrected chi connectivity index (χ1v) is 6.62. The molecule has 0 amide bonds. The van der Waals surface area contributed by atoms with Gasteiger partial charge in [-0.2, -0.15) is 5.10 Å². The molecule has 0 spiro atoms. The zero-order valence-electron chi connectivity index (χ0n) is 10.8. The summed E-state index contributed by atoms with van der Waals surface area (Å²) in [5.74, 6) is 1.11. The van der Waals surface area contributed by atoms with Gasteiger partial charge in [-0.1, -0.05) is 24.6 Å². The summed E-state index contributed by atoms with van der Waals surface area (Å²) in [4.78, 5) is 0. The minimum atomic E-state index is 0.460. The number of halogens is 1. The lowest BCUT2D eigenvalue weighted by atomic mass is 10.3. The van der Waals surface area contributed by atoms with E-state index in [2.05, 4.69) is 22.4 Å². The molecule has 1 aromatic heterocycles. The first-order valence-electron chi connectivity index (χ1n) is 6.24. The van der Waals surface area contributed by atoms with Crippen molar-refractivity contribution < 1.29 is 4.74 Å². The maximum absolute atomic E-state index is 5.88. The number of hydrogen-bond donors (Lipinski definition) is 1. The lowest BCUT2D eigenvalue weighted by Crippen LogP contribution is -2.15. The van der Waals surface area contributed by atoms with Crippen LogP contribution in [-0.4, -0.2) is 16.7 Å². The molecule has 0 saturated heterocycles. The molecule has 2 aromatic rings. The topological polar surface area (TPSA) is 47.0 Å². The largest absolute Gasteiger partial charge is 0.437 e. The molecule has 0 radical (unpaired) electrons. The molecule has 0 saturated carbocycles. The lowest BCUT2D eigenvalue weighted by Gasteiger charge is -2.05. The van der Waals surface area contributed by atoms with Gasteiger partial charge in [0.1, 0.15) is 5.75 Å². The van der Waals surface area contributed by atoms with Gasteiger partial charge in [0.15, 0.2) is 0 Å². The first-order chi connectivity index (χ1) is 9.28. The quantitative estimate of drug-likeness (QED) is 0.822. The molecular weight excluding hydrogens is 262 g/mol. The third kappa shape index (κ3) is 4.50. The summed E-state index contributed by atoms with van der Waals surface area (Å²) in [5, 5.41) is 12.0. The van der Waals surface area contributed by atoms with Crippen molar-refractivity contribution in [1.82, 2.24) is 15.5 Å². The highest BCUT2D eigenvalue weighted by atomic mass is 35.5. The Kier molecular flexibility index (Phi) is 5.12. The predicted molar refractivity (Wildman–Crippen MR) is 75.6 cm³/mol. The summed E-state index contributed by atoms with van der Waals surface area (Å²) in [7, 11) is 0. The summed E-state index contributed by atoms with van der Waals surface area (Å²) < 4.78 is 5.56. The fourth-order valence-corrected chi connectivity index (χ4v) is 1.72. The number of hydrogen-bond acceptors (Lipinski definition) is 4. The van der Waals surface area contributed by atoms with Crippen molar-refractivity contribution in [3.63, 3.8) is 0 Å². The molecular formula is C14H16ClN3O. The first kappa shape index (κ1) is 13.8. The molecule has 0 atom stereocenters. The molecule has 0 aliphatic heterocycles. The van der Waals surface area contributed by atoms with Gasteiger partial charge in [-0.25, -0.2) is 0 Å². The van der Waals surface area contributed by atoms with E-state index in [4.69, 9.17) is 16.3 Å². The standard InChI is InChI=1S/C14H16ClN3O/c1-2-8-16-10-12-6-7-14(18-17-12)19-13-5-3-4-11(15)9-13/h3-7,9,16H,2,8,10H2,1H3. The molecule has 0 unspecified atom stereocenters. The highest BCUT2D eigenvalue weighted by Crippen LogP contribution is 2.22. The van der Waals surface area contributed by atoms with Crippen LogP contribution in [0.15, 0.2) is 36.4 Å². The highest BCUT2D eigenvalue weighted by molar-refractivity contribution is 6.30. The van der Waals surface area contributed by atoms with E-state index in [0.29, 0.717) is 16.7 Å². The maximum Gasteiger partial charge on any atom is 0.238 e. The van der Waals surface area contributed by atoms with Gasteiger partial charge in [0.2, 0.25) is 5.88 Å². The summed E-state index contributed by atoms with van der Waals surface area (Å²) in [5.41, 5.74) is 0.895. The van der Waals surface area contributed by atoms with Crippen LogP contribution in [0.5, 0.6) is 11.6 Å². The summed E-state index contributed by atoms with van der Waals surface area (Å²) in [6.45, 7) is 3.82. The Balaban J connectivity index is 1.95. The second-order valence-corrected chi connectivity index (χ2v) is 4.54. The van der Waals surface area contributed by atoms with E-state index in [-0.39, 0.29) is 0 Å². The van der Waals surface area contributed by atoms with Crippen molar-refractivity contribution in [2.24, 2.45) is 0 Å². The number of nitrogens with one attached hydrogen (secondary N) is 1. The van der Waals surface area contributed by atoms with Crippen LogP contribution in [0.3, 0.4) is 0 Å². The third-order valence-electron chi connectivity index (χ3n) is 2.45. The van der Waals surface area contributed by atoms with Crippen LogP contribution >= 0.6 is 11.6 Å². The second-order valence-electron chi connectivity index (χ2n) is 4.10. The molecule has 19 heavy (non-hydrogen) atoms. The van der Waals surface area contributed by atoms with Crippen LogP contribution in [0.4, 0.5) is 0 Å². The molecule has 0 aliphatic carbocycles. The molecule has 0 aliphatic rings. The fraction of sp³-hybridized carbons (Fsp3) is 0.286. The van der Waals surface area contributed by atoms with Gasteiger partial charge in [0.25, 0.3) is 0 Å².